The molecular weight excluding hydrogens is 366 g/mol. The predicted octanol–water partition coefficient (Wildman–Crippen LogP) is 1.89. The van der Waals surface area contributed by atoms with E-state index in [4.69, 9.17) is 4.52 Å². The molecule has 1 N–H and O–H groups in total. The fourth-order valence-electron chi connectivity index (χ4n) is 3.42. The molecule has 0 spiro atoms. The van der Waals surface area contributed by atoms with Gasteiger partial charge in [0, 0.05) is 35.5 Å². The molecule has 1 amide bonds. The Morgan fingerprint density at radius 3 is 2.96 bits per heavy atom. The molecule has 0 saturated carbocycles. The van der Waals surface area contributed by atoms with E-state index in [1.165, 1.54) is 16.0 Å². The molecule has 0 bridgehead atoms. The van der Waals surface area contributed by atoms with Gasteiger partial charge in [0.1, 0.15) is 11.6 Å². The summed E-state index contributed by atoms with van der Waals surface area (Å²) in [4.78, 5) is 25.0. The highest BCUT2D eigenvalue weighted by Crippen LogP contribution is 2.16. The van der Waals surface area contributed by atoms with Gasteiger partial charge in [0.2, 0.25) is 0 Å². The number of thiophene rings is 1. The highest BCUT2D eigenvalue weighted by Gasteiger charge is 2.23. The molecule has 0 aromatic carbocycles. The molecule has 0 radical (unpaired) electrons. The van der Waals surface area contributed by atoms with Crippen molar-refractivity contribution in [2.45, 2.75) is 52.2 Å². The smallest absolute Gasteiger partial charge is 0.346 e. The molecule has 0 saturated heterocycles. The van der Waals surface area contributed by atoms with E-state index < -0.39 is 0 Å². The molecule has 27 heavy (non-hydrogen) atoms. The summed E-state index contributed by atoms with van der Waals surface area (Å²) in [6.07, 6.45) is 2.12. The van der Waals surface area contributed by atoms with Crippen molar-refractivity contribution >= 4 is 17.2 Å². The first-order chi connectivity index (χ1) is 13.0. The summed E-state index contributed by atoms with van der Waals surface area (Å²) < 4.78 is 8.37. The second kappa shape index (κ2) is 7.15. The Morgan fingerprint density at radius 1 is 1.41 bits per heavy atom. The summed E-state index contributed by atoms with van der Waals surface area (Å²) in [5.74, 6) is 1.41. The van der Waals surface area contributed by atoms with E-state index >= 15 is 0 Å². The van der Waals surface area contributed by atoms with Crippen LogP contribution in [0.4, 0.5) is 0 Å². The average molecular weight is 387 g/mol. The van der Waals surface area contributed by atoms with Crippen LogP contribution in [0.3, 0.4) is 0 Å². The fraction of sp³-hybridized carbons (Fsp3) is 0.444. The topological polar surface area (TPSA) is 94.9 Å². The first-order valence-electron chi connectivity index (χ1n) is 8.94. The molecule has 0 fully saturated rings. The normalized spacial score (nSPS) is 16.7. The summed E-state index contributed by atoms with van der Waals surface area (Å²) in [6.45, 7) is 4.60. The Balaban J connectivity index is 1.47. The minimum Gasteiger partial charge on any atom is -0.361 e. The van der Waals surface area contributed by atoms with Crippen molar-refractivity contribution in [3.8, 4) is 0 Å². The third-order valence-corrected chi connectivity index (χ3v) is 5.71. The van der Waals surface area contributed by atoms with Crippen LogP contribution in [0.15, 0.2) is 26.1 Å². The predicted molar refractivity (Wildman–Crippen MR) is 100 cm³/mol. The first kappa shape index (κ1) is 17.7. The number of nitrogens with one attached hydrogen (secondary N) is 1. The number of carbonyl (C=O) groups excluding carboxylic acids is 1. The number of rotatable bonds is 4. The maximum absolute atomic E-state index is 12.8. The molecule has 3 aromatic heterocycles. The maximum Gasteiger partial charge on any atom is 0.346 e. The van der Waals surface area contributed by atoms with Crippen molar-refractivity contribution in [3.63, 3.8) is 0 Å². The molecule has 9 heteroatoms. The van der Waals surface area contributed by atoms with E-state index in [1.54, 1.807) is 4.57 Å². The molecular formula is C18H21N5O3S. The lowest BCUT2D eigenvalue weighted by molar-refractivity contribution is 0.0933. The number of aryl methyl sites for hydroxylation is 3. The summed E-state index contributed by atoms with van der Waals surface area (Å²) in [6, 6.07) is 1.85. The van der Waals surface area contributed by atoms with Gasteiger partial charge in [-0.15, -0.1) is 0 Å². The average Bonchev–Trinajstić information content (AvgIpc) is 3.32. The monoisotopic (exact) mass is 387 g/mol. The van der Waals surface area contributed by atoms with Crippen LogP contribution in [-0.2, 0) is 19.5 Å². The Bertz CT molecular complexity index is 995. The zero-order chi connectivity index (χ0) is 19.0. The van der Waals surface area contributed by atoms with Gasteiger partial charge in [0.25, 0.3) is 5.91 Å². The molecule has 4 heterocycles. The lowest BCUT2D eigenvalue weighted by Crippen LogP contribution is -2.35. The number of aromatic nitrogens is 4. The molecule has 142 valence electrons. The van der Waals surface area contributed by atoms with Gasteiger partial charge in [-0.3, -0.25) is 9.36 Å². The highest BCUT2D eigenvalue weighted by atomic mass is 32.1. The lowest BCUT2D eigenvalue weighted by atomic mass is 10.1. The van der Waals surface area contributed by atoms with Crippen molar-refractivity contribution in [1.29, 1.82) is 0 Å². The van der Waals surface area contributed by atoms with E-state index in [0.717, 1.165) is 23.5 Å². The number of hydrogen-bond acceptors (Lipinski definition) is 6. The quantitative estimate of drug-likeness (QED) is 0.738. The molecule has 1 unspecified atom stereocenters. The van der Waals surface area contributed by atoms with Gasteiger partial charge in [-0.25, -0.2) is 9.48 Å². The van der Waals surface area contributed by atoms with Crippen LogP contribution in [0, 0.1) is 13.8 Å². The third-order valence-electron chi connectivity index (χ3n) is 5.02. The van der Waals surface area contributed by atoms with Crippen LogP contribution in [0.25, 0.3) is 0 Å². The van der Waals surface area contributed by atoms with Gasteiger partial charge < -0.3 is 9.84 Å². The standard InChI is InChI=1S/C18H21N5O3S/c1-11-15(12(2)26-21-11)9-23-18(25)22-7-5-14(3-4-16(22)20-23)19-17(24)13-6-8-27-10-13/h6,8,10,14H,3-5,7,9H2,1-2H3,(H,19,24). The van der Waals surface area contributed by atoms with E-state index in [1.807, 2.05) is 30.7 Å². The fourth-order valence-corrected chi connectivity index (χ4v) is 4.05. The zero-order valence-corrected chi connectivity index (χ0v) is 16.1. The second-order valence-corrected chi connectivity index (χ2v) is 7.60. The van der Waals surface area contributed by atoms with Gasteiger partial charge in [-0.2, -0.15) is 16.4 Å². The van der Waals surface area contributed by atoms with Gasteiger partial charge in [-0.05, 0) is 38.1 Å². The Labute approximate surface area is 159 Å². The minimum atomic E-state index is -0.130. The largest absolute Gasteiger partial charge is 0.361 e. The van der Waals surface area contributed by atoms with Gasteiger partial charge in [-0.1, -0.05) is 5.16 Å². The number of fused-ring (bicyclic) bond motifs is 1. The highest BCUT2D eigenvalue weighted by molar-refractivity contribution is 7.08. The third kappa shape index (κ3) is 3.46. The Hall–Kier alpha value is -2.68. The number of hydrogen-bond donors (Lipinski definition) is 1. The van der Waals surface area contributed by atoms with E-state index in [2.05, 4.69) is 15.6 Å². The molecule has 1 aliphatic heterocycles. The Morgan fingerprint density at radius 2 is 2.26 bits per heavy atom. The molecule has 3 aromatic rings. The van der Waals surface area contributed by atoms with Crippen molar-refractivity contribution in [1.82, 2.24) is 24.8 Å². The first-order valence-corrected chi connectivity index (χ1v) is 9.88. The van der Waals surface area contributed by atoms with Crippen LogP contribution in [0.1, 0.15) is 46.0 Å². The van der Waals surface area contributed by atoms with Gasteiger partial charge in [0.15, 0.2) is 0 Å². The van der Waals surface area contributed by atoms with E-state index in [-0.39, 0.29) is 17.6 Å². The SMILES string of the molecule is Cc1noc(C)c1Cn1nc2n(c1=O)CCC(NC(=O)c1ccsc1)CC2. The van der Waals surface area contributed by atoms with Gasteiger partial charge >= 0.3 is 5.69 Å². The van der Waals surface area contributed by atoms with Crippen molar-refractivity contribution in [2.75, 3.05) is 0 Å². The van der Waals surface area contributed by atoms with Crippen molar-refractivity contribution in [3.05, 3.63) is 55.7 Å². The summed E-state index contributed by atoms with van der Waals surface area (Å²) in [5.41, 5.74) is 2.23. The lowest BCUT2D eigenvalue weighted by Gasteiger charge is -2.15. The summed E-state index contributed by atoms with van der Waals surface area (Å²) >= 11 is 1.50. The number of nitrogens with zero attached hydrogens (tertiary/aromatic N) is 4. The van der Waals surface area contributed by atoms with Crippen LogP contribution >= 0.6 is 11.3 Å². The Kier molecular flexibility index (Phi) is 4.69. The second-order valence-electron chi connectivity index (χ2n) is 6.82. The summed E-state index contributed by atoms with van der Waals surface area (Å²) in [7, 11) is 0. The van der Waals surface area contributed by atoms with Crippen molar-refractivity contribution < 1.29 is 9.32 Å². The van der Waals surface area contributed by atoms with E-state index in [0.29, 0.717) is 37.3 Å². The molecule has 4 rings (SSSR count). The molecule has 8 nitrogen and oxygen atoms in total. The van der Waals surface area contributed by atoms with Crippen molar-refractivity contribution in [2.24, 2.45) is 0 Å². The van der Waals surface area contributed by atoms with Crippen LogP contribution < -0.4 is 11.0 Å². The van der Waals surface area contributed by atoms with Crippen LogP contribution in [0.5, 0.6) is 0 Å². The van der Waals surface area contributed by atoms with E-state index in [9.17, 15) is 9.59 Å². The molecule has 1 atom stereocenters. The van der Waals surface area contributed by atoms with Crippen LogP contribution in [0.2, 0.25) is 0 Å². The minimum absolute atomic E-state index is 0.0366. The molecule has 0 aliphatic carbocycles. The van der Waals surface area contributed by atoms with Crippen LogP contribution in [-0.4, -0.2) is 31.5 Å². The van der Waals surface area contributed by atoms with Gasteiger partial charge in [0.05, 0.1) is 12.2 Å². The molecule has 1 aliphatic rings. The summed E-state index contributed by atoms with van der Waals surface area (Å²) in [5, 5.41) is 15.2. The number of carbonyl (C=O) groups is 1. The number of amides is 1. The maximum atomic E-state index is 12.8. The zero-order valence-electron chi connectivity index (χ0n) is 15.3.